The minimum Gasteiger partial charge on any atom is -0.497 e. The second-order valence-corrected chi connectivity index (χ2v) is 7.64. The van der Waals surface area contributed by atoms with Crippen LogP contribution in [0.25, 0.3) is 0 Å². The highest BCUT2D eigenvalue weighted by molar-refractivity contribution is 5.96. The number of methoxy groups -OCH3 is 2. The molecule has 2 aromatic carbocycles. The number of carbonyl (C=O) groups is 2. The van der Waals surface area contributed by atoms with E-state index in [-0.39, 0.29) is 11.8 Å². The lowest BCUT2D eigenvalue weighted by Crippen LogP contribution is -2.37. The minimum absolute atomic E-state index is 0.146. The number of nitrogens with one attached hydrogen (secondary N) is 1. The third-order valence-corrected chi connectivity index (χ3v) is 5.64. The van der Waals surface area contributed by atoms with Gasteiger partial charge in [0.05, 0.1) is 20.8 Å². The molecule has 3 aromatic rings. The van der Waals surface area contributed by atoms with Gasteiger partial charge in [-0.1, -0.05) is 30.3 Å². The monoisotopic (exact) mass is 434 g/mol. The molecule has 0 saturated heterocycles. The second-order valence-electron chi connectivity index (χ2n) is 7.64. The normalized spacial score (nSPS) is 12.8. The first-order chi connectivity index (χ1) is 15.5. The third kappa shape index (κ3) is 4.30. The summed E-state index contributed by atoms with van der Waals surface area (Å²) in [6, 6.07) is 14.8. The second kappa shape index (κ2) is 9.13. The van der Waals surface area contributed by atoms with Gasteiger partial charge in [0.2, 0.25) is 0 Å². The van der Waals surface area contributed by atoms with Gasteiger partial charge in [0.25, 0.3) is 11.8 Å². The summed E-state index contributed by atoms with van der Waals surface area (Å²) in [5, 5.41) is 7.39. The van der Waals surface area contributed by atoms with E-state index in [0.29, 0.717) is 48.8 Å². The summed E-state index contributed by atoms with van der Waals surface area (Å²) in [5.41, 5.74) is 3.60. The van der Waals surface area contributed by atoms with E-state index in [0.717, 1.165) is 16.8 Å². The smallest absolute Gasteiger partial charge is 0.272 e. The molecule has 1 aromatic heterocycles. The molecule has 0 aliphatic carbocycles. The first-order valence-corrected chi connectivity index (χ1v) is 10.4. The Labute approximate surface area is 186 Å². The van der Waals surface area contributed by atoms with Gasteiger partial charge in [-0.05, 0) is 17.7 Å². The number of aryl methyl sites for hydroxylation is 1. The van der Waals surface area contributed by atoms with Crippen molar-refractivity contribution in [3.8, 4) is 11.5 Å². The number of rotatable bonds is 6. The molecule has 32 heavy (non-hydrogen) atoms. The van der Waals surface area contributed by atoms with Crippen LogP contribution in [-0.4, -0.2) is 47.3 Å². The van der Waals surface area contributed by atoms with Crippen molar-refractivity contribution >= 4 is 11.8 Å². The van der Waals surface area contributed by atoms with E-state index in [2.05, 4.69) is 10.4 Å². The summed E-state index contributed by atoms with van der Waals surface area (Å²) in [5.74, 6) is 0.705. The summed E-state index contributed by atoms with van der Waals surface area (Å²) in [6.45, 7) is 1.27. The largest absolute Gasteiger partial charge is 0.497 e. The Morgan fingerprint density at radius 1 is 1.06 bits per heavy atom. The summed E-state index contributed by atoms with van der Waals surface area (Å²) in [7, 11) is 4.93. The number of nitrogens with zero attached hydrogens (tertiary/aromatic N) is 3. The van der Waals surface area contributed by atoms with Crippen molar-refractivity contribution in [3.63, 3.8) is 0 Å². The molecule has 1 N–H and O–H groups in total. The van der Waals surface area contributed by atoms with Crippen LogP contribution in [0, 0.1) is 0 Å². The van der Waals surface area contributed by atoms with E-state index in [9.17, 15) is 9.59 Å². The number of fused-ring (bicyclic) bond motifs is 1. The molecule has 0 bridgehead atoms. The van der Waals surface area contributed by atoms with Gasteiger partial charge in [-0.2, -0.15) is 5.10 Å². The van der Waals surface area contributed by atoms with Crippen LogP contribution < -0.4 is 14.8 Å². The van der Waals surface area contributed by atoms with Gasteiger partial charge in [-0.25, -0.2) is 0 Å². The maximum atomic E-state index is 13.2. The summed E-state index contributed by atoms with van der Waals surface area (Å²) < 4.78 is 12.3. The lowest BCUT2D eigenvalue weighted by Gasteiger charge is -2.28. The highest BCUT2D eigenvalue weighted by atomic mass is 16.5. The quantitative estimate of drug-likeness (QED) is 0.645. The molecule has 8 nitrogen and oxygen atoms in total. The Kier molecular flexibility index (Phi) is 6.11. The molecule has 4 rings (SSSR count). The van der Waals surface area contributed by atoms with Crippen molar-refractivity contribution in [2.45, 2.75) is 19.5 Å². The highest BCUT2D eigenvalue weighted by Gasteiger charge is 2.30. The van der Waals surface area contributed by atoms with E-state index in [1.807, 2.05) is 37.4 Å². The first kappa shape index (κ1) is 21.4. The van der Waals surface area contributed by atoms with Crippen LogP contribution in [0.5, 0.6) is 11.5 Å². The zero-order chi connectivity index (χ0) is 22.7. The van der Waals surface area contributed by atoms with Crippen LogP contribution in [0.15, 0.2) is 48.5 Å². The average molecular weight is 434 g/mol. The van der Waals surface area contributed by atoms with Crippen LogP contribution in [0.3, 0.4) is 0 Å². The van der Waals surface area contributed by atoms with E-state index in [4.69, 9.17) is 9.47 Å². The van der Waals surface area contributed by atoms with Gasteiger partial charge in [0.15, 0.2) is 5.69 Å². The predicted molar refractivity (Wildman–Crippen MR) is 119 cm³/mol. The molecule has 0 saturated carbocycles. The molecular weight excluding hydrogens is 408 g/mol. The van der Waals surface area contributed by atoms with Gasteiger partial charge >= 0.3 is 0 Å². The number of hydrogen-bond donors (Lipinski definition) is 1. The molecule has 2 heterocycles. The SMILES string of the molecule is COc1cc(OC)cc(C(=O)N2CCc3c(c(C(=O)NCc4ccccc4)nn3C)C2)c1. The van der Waals surface area contributed by atoms with Gasteiger partial charge in [-0.15, -0.1) is 0 Å². The molecule has 1 aliphatic rings. The molecule has 0 fully saturated rings. The molecule has 0 atom stereocenters. The van der Waals surface area contributed by atoms with Crippen molar-refractivity contribution in [1.82, 2.24) is 20.0 Å². The molecule has 0 radical (unpaired) electrons. The zero-order valence-electron chi connectivity index (χ0n) is 18.4. The van der Waals surface area contributed by atoms with Crippen LogP contribution >= 0.6 is 0 Å². The molecule has 0 spiro atoms. The van der Waals surface area contributed by atoms with Crippen molar-refractivity contribution in [2.75, 3.05) is 20.8 Å². The van der Waals surface area contributed by atoms with Crippen molar-refractivity contribution in [1.29, 1.82) is 0 Å². The van der Waals surface area contributed by atoms with E-state index < -0.39 is 0 Å². The van der Waals surface area contributed by atoms with Crippen LogP contribution in [0.2, 0.25) is 0 Å². The number of benzene rings is 2. The topological polar surface area (TPSA) is 85.7 Å². The first-order valence-electron chi connectivity index (χ1n) is 10.4. The molecular formula is C24H26N4O4. The van der Waals surface area contributed by atoms with Gasteiger partial charge < -0.3 is 19.7 Å². The fraction of sp³-hybridized carbons (Fsp3) is 0.292. The third-order valence-electron chi connectivity index (χ3n) is 5.64. The van der Waals surface area contributed by atoms with Crippen LogP contribution in [-0.2, 0) is 26.6 Å². The molecule has 0 unspecified atom stereocenters. The lowest BCUT2D eigenvalue weighted by molar-refractivity contribution is 0.0729. The maximum absolute atomic E-state index is 13.2. The number of carbonyl (C=O) groups excluding carboxylic acids is 2. The van der Waals surface area contributed by atoms with Crippen LogP contribution in [0.1, 0.15) is 37.7 Å². The van der Waals surface area contributed by atoms with Gasteiger partial charge in [0, 0.05) is 49.4 Å². The molecule has 166 valence electrons. The number of hydrogen-bond acceptors (Lipinski definition) is 5. The van der Waals surface area contributed by atoms with E-state index in [1.165, 1.54) is 0 Å². The Morgan fingerprint density at radius 3 is 2.41 bits per heavy atom. The number of aromatic nitrogens is 2. The van der Waals surface area contributed by atoms with E-state index >= 15 is 0 Å². The minimum atomic E-state index is -0.247. The highest BCUT2D eigenvalue weighted by Crippen LogP contribution is 2.27. The Balaban J connectivity index is 1.54. The maximum Gasteiger partial charge on any atom is 0.272 e. The fourth-order valence-corrected chi connectivity index (χ4v) is 3.92. The van der Waals surface area contributed by atoms with Crippen molar-refractivity contribution in [2.24, 2.45) is 7.05 Å². The van der Waals surface area contributed by atoms with Crippen molar-refractivity contribution in [3.05, 3.63) is 76.6 Å². The Hall–Kier alpha value is -3.81. The molecule has 1 aliphatic heterocycles. The lowest BCUT2D eigenvalue weighted by atomic mass is 10.0. The Morgan fingerprint density at radius 2 is 1.75 bits per heavy atom. The fourth-order valence-electron chi connectivity index (χ4n) is 3.92. The summed E-state index contributed by atoms with van der Waals surface area (Å²) >= 11 is 0. The Bertz CT molecular complexity index is 1120. The predicted octanol–water partition coefficient (Wildman–Crippen LogP) is 2.57. The average Bonchev–Trinajstić information content (AvgIpc) is 3.18. The van der Waals surface area contributed by atoms with Crippen molar-refractivity contribution < 1.29 is 19.1 Å². The molecule has 8 heteroatoms. The van der Waals surface area contributed by atoms with Gasteiger partial charge in [0.1, 0.15) is 11.5 Å². The van der Waals surface area contributed by atoms with Crippen LogP contribution in [0.4, 0.5) is 0 Å². The number of amides is 2. The summed E-state index contributed by atoms with van der Waals surface area (Å²) in [6.07, 6.45) is 0.623. The number of ether oxygens (including phenoxy) is 2. The van der Waals surface area contributed by atoms with E-state index in [1.54, 1.807) is 42.0 Å². The molecule has 2 amide bonds. The summed E-state index contributed by atoms with van der Waals surface area (Å²) in [4.78, 5) is 27.9. The zero-order valence-corrected chi connectivity index (χ0v) is 18.4. The standard InChI is InChI=1S/C24H26N4O4/c1-27-21-9-10-28(24(30)17-11-18(31-2)13-19(12-17)32-3)15-20(21)22(26-27)23(29)25-14-16-7-5-4-6-8-16/h4-8,11-13H,9-10,14-15H2,1-3H3,(H,25,29). The van der Waals surface area contributed by atoms with Gasteiger partial charge in [-0.3, -0.25) is 14.3 Å².